The van der Waals surface area contributed by atoms with E-state index in [-0.39, 0.29) is 11.7 Å². The maximum atomic E-state index is 13.2. The van der Waals surface area contributed by atoms with Gasteiger partial charge in [-0.3, -0.25) is 0 Å². The Kier molecular flexibility index (Phi) is 5.63. The fourth-order valence-corrected chi connectivity index (χ4v) is 2.39. The number of halogens is 1. The highest BCUT2D eigenvalue weighted by molar-refractivity contribution is 5.29. The van der Waals surface area contributed by atoms with Crippen LogP contribution < -0.4 is 0 Å². The number of hydrogen-bond donors (Lipinski definition) is 1. The molecule has 0 saturated carbocycles. The topological polar surface area (TPSA) is 20.2 Å². The summed E-state index contributed by atoms with van der Waals surface area (Å²) in [5.41, 5.74) is 1.72. The number of hydrogen-bond acceptors (Lipinski definition) is 1. The zero-order chi connectivity index (χ0) is 12.8. The first-order chi connectivity index (χ1) is 8.10. The van der Waals surface area contributed by atoms with Crippen molar-refractivity contribution in [3.8, 4) is 0 Å². The normalized spacial score (nSPS) is 13.1. The first kappa shape index (κ1) is 14.2. The van der Waals surface area contributed by atoms with Crippen molar-refractivity contribution in [3.05, 3.63) is 35.1 Å². The highest BCUT2D eigenvalue weighted by Crippen LogP contribution is 2.31. The van der Waals surface area contributed by atoms with Gasteiger partial charge in [0.1, 0.15) is 5.82 Å². The molecule has 1 aromatic carbocycles. The van der Waals surface area contributed by atoms with Crippen LogP contribution in [0.2, 0.25) is 0 Å². The maximum absolute atomic E-state index is 13.2. The van der Waals surface area contributed by atoms with E-state index in [0.29, 0.717) is 0 Å². The minimum absolute atomic E-state index is 0.241. The first-order valence-corrected chi connectivity index (χ1v) is 6.54. The molecule has 1 rings (SSSR count). The molecule has 1 nitrogen and oxygen atoms in total. The summed E-state index contributed by atoms with van der Waals surface area (Å²) in [6, 6.07) is 4.65. The summed E-state index contributed by atoms with van der Waals surface area (Å²) in [7, 11) is 0. The van der Waals surface area contributed by atoms with Gasteiger partial charge in [-0.05, 0) is 48.9 Å². The molecular weight excluding hydrogens is 215 g/mol. The van der Waals surface area contributed by atoms with Crippen LogP contribution in [0.4, 0.5) is 4.39 Å². The van der Waals surface area contributed by atoms with Gasteiger partial charge in [0.05, 0.1) is 6.10 Å². The monoisotopic (exact) mass is 238 g/mol. The Hall–Kier alpha value is -0.890. The second-order valence-electron chi connectivity index (χ2n) is 4.78. The van der Waals surface area contributed by atoms with Crippen LogP contribution in [0.25, 0.3) is 0 Å². The Morgan fingerprint density at radius 1 is 1.18 bits per heavy atom. The molecule has 0 fully saturated rings. The molecular formula is C15H23FO. The van der Waals surface area contributed by atoms with Gasteiger partial charge in [0.15, 0.2) is 0 Å². The zero-order valence-electron chi connectivity index (χ0n) is 11.0. The molecule has 0 amide bonds. The largest absolute Gasteiger partial charge is 0.388 e. The van der Waals surface area contributed by atoms with Crippen LogP contribution in [0, 0.1) is 18.7 Å². The van der Waals surface area contributed by atoms with E-state index in [1.807, 2.05) is 6.92 Å². The van der Waals surface area contributed by atoms with Crippen molar-refractivity contribution in [2.75, 3.05) is 0 Å². The summed E-state index contributed by atoms with van der Waals surface area (Å²) in [4.78, 5) is 0. The van der Waals surface area contributed by atoms with Crippen LogP contribution in [-0.2, 0) is 0 Å². The van der Waals surface area contributed by atoms with Crippen LogP contribution in [0.1, 0.15) is 56.8 Å². The molecule has 0 saturated heterocycles. The van der Waals surface area contributed by atoms with E-state index in [0.717, 1.165) is 36.8 Å². The third-order valence-corrected chi connectivity index (χ3v) is 3.33. The summed E-state index contributed by atoms with van der Waals surface area (Å²) >= 11 is 0. The number of aliphatic hydroxyl groups excluding tert-OH is 1. The minimum atomic E-state index is -0.536. The molecule has 0 bridgehead atoms. The molecule has 17 heavy (non-hydrogen) atoms. The molecule has 0 heterocycles. The lowest BCUT2D eigenvalue weighted by Crippen LogP contribution is -2.14. The van der Waals surface area contributed by atoms with Crippen molar-refractivity contribution in [3.63, 3.8) is 0 Å². The highest BCUT2D eigenvalue weighted by Gasteiger charge is 2.21. The van der Waals surface area contributed by atoms with Gasteiger partial charge in [-0.1, -0.05) is 32.8 Å². The van der Waals surface area contributed by atoms with E-state index in [1.54, 1.807) is 6.07 Å². The average Bonchev–Trinajstić information content (AvgIpc) is 2.31. The lowest BCUT2D eigenvalue weighted by Gasteiger charge is -2.23. The summed E-state index contributed by atoms with van der Waals surface area (Å²) < 4.78 is 13.2. The van der Waals surface area contributed by atoms with Crippen LogP contribution in [0.3, 0.4) is 0 Å². The van der Waals surface area contributed by atoms with Gasteiger partial charge in [-0.25, -0.2) is 4.39 Å². The van der Waals surface area contributed by atoms with Crippen molar-refractivity contribution in [1.82, 2.24) is 0 Å². The van der Waals surface area contributed by atoms with E-state index in [4.69, 9.17) is 0 Å². The van der Waals surface area contributed by atoms with Crippen molar-refractivity contribution in [2.45, 2.75) is 52.6 Å². The van der Waals surface area contributed by atoms with Crippen LogP contribution in [0.5, 0.6) is 0 Å². The summed E-state index contributed by atoms with van der Waals surface area (Å²) in [5.74, 6) is -0.0260. The number of benzene rings is 1. The van der Waals surface area contributed by atoms with Gasteiger partial charge in [0.2, 0.25) is 0 Å². The molecule has 96 valence electrons. The predicted octanol–water partition coefficient (Wildman–Crippen LogP) is 4.38. The van der Waals surface area contributed by atoms with Gasteiger partial charge < -0.3 is 5.11 Å². The quantitative estimate of drug-likeness (QED) is 0.779. The molecule has 1 aromatic rings. The van der Waals surface area contributed by atoms with E-state index >= 15 is 0 Å². The van der Waals surface area contributed by atoms with E-state index in [9.17, 15) is 9.50 Å². The Morgan fingerprint density at radius 2 is 1.76 bits per heavy atom. The molecule has 0 aliphatic rings. The molecule has 0 aliphatic carbocycles. The molecule has 0 spiro atoms. The lowest BCUT2D eigenvalue weighted by molar-refractivity contribution is 0.0956. The van der Waals surface area contributed by atoms with Gasteiger partial charge in [0.25, 0.3) is 0 Å². The van der Waals surface area contributed by atoms with Crippen molar-refractivity contribution in [2.24, 2.45) is 5.92 Å². The fraction of sp³-hybridized carbons (Fsp3) is 0.600. The maximum Gasteiger partial charge on any atom is 0.123 e. The van der Waals surface area contributed by atoms with Crippen LogP contribution >= 0.6 is 0 Å². The van der Waals surface area contributed by atoms with Gasteiger partial charge in [0, 0.05) is 0 Å². The van der Waals surface area contributed by atoms with Crippen LogP contribution in [-0.4, -0.2) is 5.11 Å². The minimum Gasteiger partial charge on any atom is -0.388 e. The van der Waals surface area contributed by atoms with Crippen LogP contribution in [0.15, 0.2) is 18.2 Å². The number of aliphatic hydroxyl groups is 1. The Morgan fingerprint density at radius 3 is 2.29 bits per heavy atom. The molecule has 1 unspecified atom stereocenters. The standard InChI is InChI=1S/C15H23FO/c1-4-6-12(7-5-2)15(17)14-10-13(16)9-8-11(14)3/h8-10,12,15,17H,4-7H2,1-3H3. The second kappa shape index (κ2) is 6.75. The van der Waals surface area contributed by atoms with E-state index in [1.165, 1.54) is 12.1 Å². The van der Waals surface area contributed by atoms with E-state index in [2.05, 4.69) is 13.8 Å². The fourth-order valence-electron chi connectivity index (χ4n) is 2.39. The van der Waals surface area contributed by atoms with Crippen molar-refractivity contribution < 1.29 is 9.50 Å². The highest BCUT2D eigenvalue weighted by atomic mass is 19.1. The third kappa shape index (κ3) is 3.81. The zero-order valence-corrected chi connectivity index (χ0v) is 11.0. The Balaban J connectivity index is 2.91. The second-order valence-corrected chi connectivity index (χ2v) is 4.78. The average molecular weight is 238 g/mol. The summed E-state index contributed by atoms with van der Waals surface area (Å²) in [6.07, 6.45) is 3.55. The SMILES string of the molecule is CCCC(CCC)C(O)c1cc(F)ccc1C. The number of aryl methyl sites for hydroxylation is 1. The van der Waals surface area contributed by atoms with E-state index < -0.39 is 6.10 Å². The van der Waals surface area contributed by atoms with Gasteiger partial charge >= 0.3 is 0 Å². The summed E-state index contributed by atoms with van der Waals surface area (Å²) in [5, 5.41) is 10.4. The first-order valence-electron chi connectivity index (χ1n) is 6.54. The molecule has 0 radical (unpaired) electrons. The van der Waals surface area contributed by atoms with Gasteiger partial charge in [-0.15, -0.1) is 0 Å². The lowest BCUT2D eigenvalue weighted by atomic mass is 9.86. The molecule has 1 N–H and O–H groups in total. The molecule has 2 heteroatoms. The Labute approximate surface area is 104 Å². The van der Waals surface area contributed by atoms with Crippen molar-refractivity contribution >= 4 is 0 Å². The Bertz CT molecular complexity index is 343. The summed E-state index contributed by atoms with van der Waals surface area (Å²) in [6.45, 7) is 6.16. The third-order valence-electron chi connectivity index (χ3n) is 3.33. The molecule has 0 aromatic heterocycles. The predicted molar refractivity (Wildman–Crippen MR) is 69.4 cm³/mol. The molecule has 1 atom stereocenters. The number of rotatable bonds is 6. The smallest absolute Gasteiger partial charge is 0.123 e. The van der Waals surface area contributed by atoms with Gasteiger partial charge in [-0.2, -0.15) is 0 Å². The molecule has 0 aliphatic heterocycles. The van der Waals surface area contributed by atoms with Crippen molar-refractivity contribution in [1.29, 1.82) is 0 Å².